The van der Waals surface area contributed by atoms with Gasteiger partial charge < -0.3 is 10.1 Å². The maximum Gasteiger partial charge on any atom is 0.264 e. The standard InChI is InChI=1S/C22H19Cl2FN2O4S/c1-2-31-18-8-6-17(7-9-18)27(32(29,30)19-10-3-15(25)4-11-19)14-22(28)26-16-5-12-20(23)21(24)13-16/h3-13H,2,14H2,1H3,(H,26,28). The quantitative estimate of drug-likeness (QED) is 0.455. The Balaban J connectivity index is 1.93. The highest BCUT2D eigenvalue weighted by Gasteiger charge is 2.27. The van der Waals surface area contributed by atoms with Crippen molar-refractivity contribution < 1.29 is 22.3 Å². The van der Waals surface area contributed by atoms with E-state index < -0.39 is 28.3 Å². The molecule has 0 heterocycles. The van der Waals surface area contributed by atoms with Crippen LogP contribution in [0.5, 0.6) is 5.75 Å². The average Bonchev–Trinajstić information content (AvgIpc) is 2.76. The van der Waals surface area contributed by atoms with Crippen molar-refractivity contribution in [2.24, 2.45) is 0 Å². The molecule has 10 heteroatoms. The lowest BCUT2D eigenvalue weighted by atomic mass is 10.3. The molecule has 3 aromatic carbocycles. The lowest BCUT2D eigenvalue weighted by Crippen LogP contribution is -2.38. The molecule has 0 aliphatic heterocycles. The Hall–Kier alpha value is -2.81. The molecule has 0 aliphatic carbocycles. The zero-order valence-corrected chi connectivity index (χ0v) is 19.2. The van der Waals surface area contributed by atoms with Gasteiger partial charge in [-0.05, 0) is 73.7 Å². The third-order valence-electron chi connectivity index (χ3n) is 4.33. The Morgan fingerprint density at radius 2 is 1.66 bits per heavy atom. The van der Waals surface area contributed by atoms with Crippen LogP contribution >= 0.6 is 23.2 Å². The van der Waals surface area contributed by atoms with Gasteiger partial charge in [-0.25, -0.2) is 12.8 Å². The SMILES string of the molecule is CCOc1ccc(N(CC(=O)Nc2ccc(Cl)c(Cl)c2)S(=O)(=O)c2ccc(F)cc2)cc1. The van der Waals surface area contributed by atoms with E-state index in [9.17, 15) is 17.6 Å². The highest BCUT2D eigenvalue weighted by Crippen LogP contribution is 2.27. The average molecular weight is 497 g/mol. The van der Waals surface area contributed by atoms with Gasteiger partial charge in [0.2, 0.25) is 5.91 Å². The highest BCUT2D eigenvalue weighted by molar-refractivity contribution is 7.92. The molecule has 3 rings (SSSR count). The first kappa shape index (κ1) is 23.8. The highest BCUT2D eigenvalue weighted by atomic mass is 35.5. The summed E-state index contributed by atoms with van der Waals surface area (Å²) in [7, 11) is -4.18. The molecule has 3 aromatic rings. The number of nitrogens with zero attached hydrogens (tertiary/aromatic N) is 1. The molecule has 0 spiro atoms. The number of carbonyl (C=O) groups is 1. The Morgan fingerprint density at radius 1 is 1.00 bits per heavy atom. The molecule has 168 valence electrons. The molecule has 0 fully saturated rings. The molecule has 32 heavy (non-hydrogen) atoms. The van der Waals surface area contributed by atoms with Crippen LogP contribution in [0.25, 0.3) is 0 Å². The molecule has 0 aliphatic rings. The largest absolute Gasteiger partial charge is 0.494 e. The van der Waals surface area contributed by atoms with Crippen molar-refractivity contribution in [1.82, 2.24) is 0 Å². The van der Waals surface area contributed by atoms with Crippen LogP contribution in [0, 0.1) is 5.82 Å². The van der Waals surface area contributed by atoms with Gasteiger partial charge in [0.15, 0.2) is 0 Å². The minimum atomic E-state index is -4.18. The third-order valence-corrected chi connectivity index (χ3v) is 6.86. The number of nitrogens with one attached hydrogen (secondary N) is 1. The van der Waals surface area contributed by atoms with Gasteiger partial charge in [-0.15, -0.1) is 0 Å². The minimum Gasteiger partial charge on any atom is -0.494 e. The van der Waals surface area contributed by atoms with Gasteiger partial charge in [0.1, 0.15) is 18.1 Å². The molecule has 0 atom stereocenters. The molecular weight excluding hydrogens is 478 g/mol. The number of sulfonamides is 1. The van der Waals surface area contributed by atoms with Gasteiger partial charge in [-0.3, -0.25) is 9.10 Å². The van der Waals surface area contributed by atoms with E-state index in [1.54, 1.807) is 18.2 Å². The van der Waals surface area contributed by atoms with Crippen LogP contribution in [0.4, 0.5) is 15.8 Å². The first-order chi connectivity index (χ1) is 15.2. The van der Waals surface area contributed by atoms with Gasteiger partial charge >= 0.3 is 0 Å². The Kier molecular flexibility index (Phi) is 7.60. The van der Waals surface area contributed by atoms with Crippen molar-refractivity contribution in [2.45, 2.75) is 11.8 Å². The Morgan fingerprint density at radius 3 is 2.25 bits per heavy atom. The molecule has 0 radical (unpaired) electrons. The smallest absolute Gasteiger partial charge is 0.264 e. The first-order valence-electron chi connectivity index (χ1n) is 9.47. The molecule has 6 nitrogen and oxygen atoms in total. The number of rotatable bonds is 8. The van der Waals surface area contributed by atoms with Crippen LogP contribution < -0.4 is 14.4 Å². The number of ether oxygens (including phenoxy) is 1. The number of halogens is 3. The van der Waals surface area contributed by atoms with E-state index in [1.165, 1.54) is 24.3 Å². The Bertz CT molecular complexity index is 1200. The molecular formula is C22H19Cl2FN2O4S. The number of benzene rings is 3. The molecule has 1 N–H and O–H groups in total. The van der Waals surface area contributed by atoms with Crippen LogP contribution in [-0.4, -0.2) is 27.5 Å². The van der Waals surface area contributed by atoms with E-state index in [4.69, 9.17) is 27.9 Å². The monoisotopic (exact) mass is 496 g/mol. The van der Waals surface area contributed by atoms with Crippen molar-refractivity contribution >= 4 is 50.5 Å². The second-order valence-corrected chi connectivity index (χ2v) is 9.25. The van der Waals surface area contributed by atoms with Crippen LogP contribution in [0.3, 0.4) is 0 Å². The third kappa shape index (κ3) is 5.70. The maximum absolute atomic E-state index is 13.3. The van der Waals surface area contributed by atoms with Crippen molar-refractivity contribution in [1.29, 1.82) is 0 Å². The van der Waals surface area contributed by atoms with E-state index in [0.717, 1.165) is 28.6 Å². The lowest BCUT2D eigenvalue weighted by molar-refractivity contribution is -0.114. The summed E-state index contributed by atoms with van der Waals surface area (Å²) in [5, 5.41) is 3.16. The summed E-state index contributed by atoms with van der Waals surface area (Å²) in [6.07, 6.45) is 0. The Labute approximate surface area is 195 Å². The summed E-state index contributed by atoms with van der Waals surface area (Å²) in [6.45, 7) is 1.74. The normalized spacial score (nSPS) is 11.1. The maximum atomic E-state index is 13.3. The van der Waals surface area contributed by atoms with Crippen LogP contribution in [0.15, 0.2) is 71.6 Å². The van der Waals surface area contributed by atoms with Gasteiger partial charge in [0.25, 0.3) is 10.0 Å². The van der Waals surface area contributed by atoms with E-state index in [0.29, 0.717) is 23.1 Å². The number of anilines is 2. The molecule has 0 aromatic heterocycles. The van der Waals surface area contributed by atoms with Crippen LogP contribution in [-0.2, 0) is 14.8 Å². The number of hydrogen-bond acceptors (Lipinski definition) is 4. The van der Waals surface area contributed by atoms with Crippen LogP contribution in [0.2, 0.25) is 10.0 Å². The van der Waals surface area contributed by atoms with Crippen molar-refractivity contribution in [3.63, 3.8) is 0 Å². The van der Waals surface area contributed by atoms with Crippen molar-refractivity contribution in [3.05, 3.63) is 82.6 Å². The van der Waals surface area contributed by atoms with E-state index >= 15 is 0 Å². The second kappa shape index (κ2) is 10.2. The molecule has 0 saturated carbocycles. The summed E-state index contributed by atoms with van der Waals surface area (Å²) in [5.41, 5.74) is 0.595. The van der Waals surface area contributed by atoms with Gasteiger partial charge in [0.05, 0.1) is 27.2 Å². The topological polar surface area (TPSA) is 75.7 Å². The zero-order chi connectivity index (χ0) is 23.3. The predicted octanol–water partition coefficient (Wildman–Crippen LogP) is 5.37. The molecule has 0 saturated heterocycles. The van der Waals surface area contributed by atoms with E-state index in [1.807, 2.05) is 6.92 Å². The first-order valence-corrected chi connectivity index (χ1v) is 11.7. The summed E-state index contributed by atoms with van der Waals surface area (Å²) >= 11 is 11.9. The van der Waals surface area contributed by atoms with Crippen LogP contribution in [0.1, 0.15) is 6.92 Å². The summed E-state index contributed by atoms with van der Waals surface area (Å²) in [6, 6.07) is 15.1. The van der Waals surface area contributed by atoms with E-state index in [2.05, 4.69) is 5.32 Å². The minimum absolute atomic E-state index is 0.157. The van der Waals surface area contributed by atoms with E-state index in [-0.39, 0.29) is 15.6 Å². The van der Waals surface area contributed by atoms with Crippen molar-refractivity contribution in [3.8, 4) is 5.75 Å². The zero-order valence-electron chi connectivity index (χ0n) is 16.9. The van der Waals surface area contributed by atoms with Gasteiger partial charge in [-0.2, -0.15) is 0 Å². The fourth-order valence-electron chi connectivity index (χ4n) is 2.83. The lowest BCUT2D eigenvalue weighted by Gasteiger charge is -2.24. The summed E-state index contributed by atoms with van der Waals surface area (Å²) in [5.74, 6) is -0.632. The van der Waals surface area contributed by atoms with Crippen molar-refractivity contribution in [2.75, 3.05) is 22.8 Å². The summed E-state index contributed by atoms with van der Waals surface area (Å²) in [4.78, 5) is 12.6. The fourth-order valence-corrected chi connectivity index (χ4v) is 4.55. The van der Waals surface area contributed by atoms with Gasteiger partial charge in [0, 0.05) is 5.69 Å². The fraction of sp³-hybridized carbons (Fsp3) is 0.136. The summed E-state index contributed by atoms with van der Waals surface area (Å²) < 4.78 is 46.2. The molecule has 1 amide bonds. The number of hydrogen-bond donors (Lipinski definition) is 1. The second-order valence-electron chi connectivity index (χ2n) is 6.57. The van der Waals surface area contributed by atoms with Gasteiger partial charge in [-0.1, -0.05) is 23.2 Å². The number of carbonyl (C=O) groups excluding carboxylic acids is 1. The number of amides is 1. The predicted molar refractivity (Wildman–Crippen MR) is 124 cm³/mol. The molecule has 0 bridgehead atoms. The molecule has 0 unspecified atom stereocenters.